The van der Waals surface area contributed by atoms with E-state index in [9.17, 15) is 0 Å². The molecule has 0 atom stereocenters. The lowest BCUT2D eigenvalue weighted by molar-refractivity contribution is 0.222. The summed E-state index contributed by atoms with van der Waals surface area (Å²) in [5.74, 6) is 2.69. The first-order valence-corrected chi connectivity index (χ1v) is 7.68. The van der Waals surface area contributed by atoms with Gasteiger partial charge >= 0.3 is 0 Å². The minimum absolute atomic E-state index is 0.370. The maximum Gasteiger partial charge on any atom is 0.0547 e. The molecular weight excluding hydrogens is 220 g/mol. The Morgan fingerprint density at radius 2 is 0.667 bits per heavy atom. The fourth-order valence-electron chi connectivity index (χ4n) is 2.93. The Kier molecular flexibility index (Phi) is 8.13. The summed E-state index contributed by atoms with van der Waals surface area (Å²) in [6.07, 6.45) is 0.370. The molecule has 0 bridgehead atoms. The van der Waals surface area contributed by atoms with E-state index in [0.717, 1.165) is 0 Å². The van der Waals surface area contributed by atoms with E-state index in [1.165, 1.54) is 0 Å². The summed E-state index contributed by atoms with van der Waals surface area (Å²) >= 11 is 0. The summed E-state index contributed by atoms with van der Waals surface area (Å²) in [6, 6.07) is 1.15. The first-order valence-electron chi connectivity index (χ1n) is 7.68. The molecule has 0 radical (unpaired) electrons. The highest BCUT2D eigenvalue weighted by atomic mass is 15.2. The summed E-state index contributed by atoms with van der Waals surface area (Å²) in [6.45, 7) is 20.6. The normalized spacial score (nSPS) is 13.3. The van der Waals surface area contributed by atoms with Gasteiger partial charge in [0.1, 0.15) is 0 Å². The van der Waals surface area contributed by atoms with E-state index in [2.05, 4.69) is 72.9 Å². The van der Waals surface area contributed by atoms with Gasteiger partial charge in [0.25, 0.3) is 0 Å². The number of nitrogens with one attached hydrogen (secondary N) is 2. The zero-order valence-electron chi connectivity index (χ0n) is 14.0. The minimum Gasteiger partial charge on any atom is -0.299 e. The lowest BCUT2D eigenvalue weighted by Gasteiger charge is -2.34. The third-order valence-corrected chi connectivity index (χ3v) is 3.76. The molecule has 0 aliphatic heterocycles. The summed E-state index contributed by atoms with van der Waals surface area (Å²) in [5, 5.41) is 7.49. The Morgan fingerprint density at radius 1 is 0.444 bits per heavy atom. The average Bonchev–Trinajstić information content (AvgIpc) is 2.20. The van der Waals surface area contributed by atoms with Gasteiger partial charge in [-0.05, 0) is 30.6 Å². The van der Waals surface area contributed by atoms with Crippen molar-refractivity contribution in [2.45, 2.75) is 80.6 Å². The topological polar surface area (TPSA) is 24.1 Å². The van der Waals surface area contributed by atoms with Crippen molar-refractivity contribution in [2.24, 2.45) is 23.7 Å². The van der Waals surface area contributed by atoms with Gasteiger partial charge in [0.05, 0.1) is 6.17 Å². The van der Waals surface area contributed by atoms with Gasteiger partial charge in [0, 0.05) is 12.1 Å². The van der Waals surface area contributed by atoms with Crippen LogP contribution in [0, 0.1) is 23.7 Å². The first kappa shape index (κ1) is 17.9. The van der Waals surface area contributed by atoms with Crippen LogP contribution >= 0.6 is 0 Å². The van der Waals surface area contributed by atoms with Crippen molar-refractivity contribution < 1.29 is 0 Å². The number of hydrogen-bond acceptors (Lipinski definition) is 2. The highest BCUT2D eigenvalue weighted by molar-refractivity contribution is 4.81. The van der Waals surface area contributed by atoms with E-state index in [4.69, 9.17) is 0 Å². The van der Waals surface area contributed by atoms with Crippen LogP contribution < -0.4 is 10.6 Å². The Bertz CT molecular complexity index is 171. The molecule has 2 heteroatoms. The van der Waals surface area contributed by atoms with Crippen molar-refractivity contribution in [3.63, 3.8) is 0 Å². The van der Waals surface area contributed by atoms with Crippen LogP contribution in [0.15, 0.2) is 0 Å². The second kappa shape index (κ2) is 8.16. The molecule has 0 amide bonds. The smallest absolute Gasteiger partial charge is 0.0547 e. The van der Waals surface area contributed by atoms with Crippen molar-refractivity contribution in [3.8, 4) is 0 Å². The third-order valence-electron chi connectivity index (χ3n) is 3.76. The Balaban J connectivity index is 4.42. The van der Waals surface area contributed by atoms with E-state index >= 15 is 0 Å². The lowest BCUT2D eigenvalue weighted by Crippen LogP contribution is -2.54. The van der Waals surface area contributed by atoms with Crippen LogP contribution in [0.25, 0.3) is 0 Å². The van der Waals surface area contributed by atoms with Crippen molar-refractivity contribution in [1.29, 1.82) is 0 Å². The van der Waals surface area contributed by atoms with Crippen LogP contribution in [0.5, 0.6) is 0 Å². The Labute approximate surface area is 115 Å². The van der Waals surface area contributed by atoms with Gasteiger partial charge in [0.15, 0.2) is 0 Å². The molecule has 0 aliphatic carbocycles. The molecule has 0 fully saturated rings. The lowest BCUT2D eigenvalue weighted by atomic mass is 9.91. The van der Waals surface area contributed by atoms with Crippen molar-refractivity contribution in [1.82, 2.24) is 10.6 Å². The second-order valence-electron chi connectivity index (χ2n) is 7.08. The van der Waals surface area contributed by atoms with Crippen molar-refractivity contribution >= 4 is 0 Å². The molecule has 18 heavy (non-hydrogen) atoms. The highest BCUT2D eigenvalue weighted by Crippen LogP contribution is 2.15. The van der Waals surface area contributed by atoms with E-state index in [-0.39, 0.29) is 0 Å². The van der Waals surface area contributed by atoms with E-state index < -0.39 is 0 Å². The van der Waals surface area contributed by atoms with Crippen LogP contribution in [0.2, 0.25) is 0 Å². The van der Waals surface area contributed by atoms with E-state index in [1.807, 2.05) is 0 Å². The standard InChI is InChI=1S/C16H36N2/c1-10(2)15(11(3)4)17-14(9)18-16(12(5)6)13(7)8/h10-18H,1-9H3. The summed E-state index contributed by atoms with van der Waals surface area (Å²) < 4.78 is 0. The van der Waals surface area contributed by atoms with Gasteiger partial charge in [-0.25, -0.2) is 0 Å². The van der Waals surface area contributed by atoms with E-state index in [0.29, 0.717) is 41.9 Å². The molecule has 0 rings (SSSR count). The van der Waals surface area contributed by atoms with Crippen molar-refractivity contribution in [3.05, 3.63) is 0 Å². The SMILES string of the molecule is CC(NC(C(C)C)C(C)C)NC(C(C)C)C(C)C. The number of rotatable bonds is 8. The fraction of sp³-hybridized carbons (Fsp3) is 1.00. The van der Waals surface area contributed by atoms with Gasteiger partial charge in [-0.15, -0.1) is 0 Å². The minimum atomic E-state index is 0.370. The fourth-order valence-corrected chi connectivity index (χ4v) is 2.93. The molecule has 0 aliphatic rings. The summed E-state index contributed by atoms with van der Waals surface area (Å²) in [4.78, 5) is 0. The quantitative estimate of drug-likeness (QED) is 0.644. The molecule has 0 saturated heterocycles. The average molecular weight is 256 g/mol. The molecular formula is C16H36N2. The summed E-state index contributed by atoms with van der Waals surface area (Å²) in [7, 11) is 0. The van der Waals surface area contributed by atoms with Gasteiger partial charge in [-0.3, -0.25) is 10.6 Å². The number of hydrogen-bond donors (Lipinski definition) is 2. The van der Waals surface area contributed by atoms with Crippen LogP contribution in [0.3, 0.4) is 0 Å². The first-order chi connectivity index (χ1) is 8.16. The molecule has 110 valence electrons. The molecule has 0 spiro atoms. The molecule has 0 unspecified atom stereocenters. The molecule has 0 aromatic rings. The maximum atomic E-state index is 3.74. The third kappa shape index (κ3) is 6.19. The van der Waals surface area contributed by atoms with Crippen molar-refractivity contribution in [2.75, 3.05) is 0 Å². The predicted octanol–water partition coefficient (Wildman–Crippen LogP) is 3.87. The van der Waals surface area contributed by atoms with Gasteiger partial charge < -0.3 is 0 Å². The Morgan fingerprint density at radius 3 is 0.833 bits per heavy atom. The molecule has 0 saturated carbocycles. The summed E-state index contributed by atoms with van der Waals surface area (Å²) in [5.41, 5.74) is 0. The predicted molar refractivity (Wildman–Crippen MR) is 82.7 cm³/mol. The molecule has 2 N–H and O–H groups in total. The largest absolute Gasteiger partial charge is 0.299 e. The van der Waals surface area contributed by atoms with Crippen LogP contribution in [0.1, 0.15) is 62.3 Å². The Hall–Kier alpha value is -0.0800. The highest BCUT2D eigenvalue weighted by Gasteiger charge is 2.23. The molecule has 0 heterocycles. The van der Waals surface area contributed by atoms with Crippen LogP contribution in [0.4, 0.5) is 0 Å². The second-order valence-corrected chi connectivity index (χ2v) is 7.08. The maximum absolute atomic E-state index is 3.74. The van der Waals surface area contributed by atoms with Gasteiger partial charge in [0.2, 0.25) is 0 Å². The molecule has 0 aromatic heterocycles. The molecule has 0 aromatic carbocycles. The van der Waals surface area contributed by atoms with Crippen LogP contribution in [-0.2, 0) is 0 Å². The van der Waals surface area contributed by atoms with Crippen LogP contribution in [-0.4, -0.2) is 18.2 Å². The zero-order chi connectivity index (χ0) is 14.5. The molecule has 2 nitrogen and oxygen atoms in total. The van der Waals surface area contributed by atoms with Gasteiger partial charge in [-0.2, -0.15) is 0 Å². The monoisotopic (exact) mass is 256 g/mol. The zero-order valence-corrected chi connectivity index (χ0v) is 14.0. The van der Waals surface area contributed by atoms with E-state index in [1.54, 1.807) is 0 Å². The van der Waals surface area contributed by atoms with Gasteiger partial charge in [-0.1, -0.05) is 55.4 Å².